The fraction of sp³-hybridized carbons (Fsp3) is 0.227. The van der Waals surface area contributed by atoms with Crippen molar-refractivity contribution in [2.45, 2.75) is 18.1 Å². The molecule has 1 atom stereocenters. The van der Waals surface area contributed by atoms with E-state index in [1.807, 2.05) is 0 Å². The number of pyridine rings is 1. The minimum absolute atomic E-state index is 0.00558. The van der Waals surface area contributed by atoms with E-state index in [1.54, 1.807) is 18.2 Å². The van der Waals surface area contributed by atoms with Crippen molar-refractivity contribution in [1.29, 1.82) is 0 Å². The third kappa shape index (κ3) is 4.46. The van der Waals surface area contributed by atoms with Gasteiger partial charge in [0.2, 0.25) is 5.91 Å². The molecule has 9 nitrogen and oxygen atoms in total. The lowest BCUT2D eigenvalue weighted by atomic mass is 10.1. The van der Waals surface area contributed by atoms with Crippen molar-refractivity contribution in [3.8, 4) is 0 Å². The second kappa shape index (κ2) is 9.24. The van der Waals surface area contributed by atoms with Gasteiger partial charge in [0.25, 0.3) is 5.91 Å². The quantitative estimate of drug-likeness (QED) is 0.352. The number of halogens is 4. The zero-order valence-electron chi connectivity index (χ0n) is 18.3. The number of hydrogen-bond acceptors (Lipinski definition) is 7. The first-order valence-corrected chi connectivity index (χ1v) is 12.4. The van der Waals surface area contributed by atoms with Crippen LogP contribution in [0.5, 0.6) is 0 Å². The SMILES string of the molecule is Nc1ncnc2c1c1cc(C(F)(F)F)ccc1n2CC(=O)N1CCSC1C(=O)Nc1cccc(Br)n1. The molecule has 1 saturated heterocycles. The largest absolute Gasteiger partial charge is 0.416 e. The zero-order chi connectivity index (χ0) is 25.6. The van der Waals surface area contributed by atoms with Gasteiger partial charge in [-0.05, 0) is 46.3 Å². The second-order valence-corrected chi connectivity index (χ2v) is 9.92. The molecule has 3 N–H and O–H groups in total. The van der Waals surface area contributed by atoms with Crippen molar-refractivity contribution >= 4 is 73.1 Å². The Labute approximate surface area is 214 Å². The van der Waals surface area contributed by atoms with Crippen molar-refractivity contribution in [2.24, 2.45) is 0 Å². The number of rotatable bonds is 4. The number of aromatic nitrogens is 4. The highest BCUT2D eigenvalue weighted by molar-refractivity contribution is 9.10. The van der Waals surface area contributed by atoms with Crippen LogP contribution in [0.4, 0.5) is 24.8 Å². The normalized spacial score (nSPS) is 16.1. The average Bonchev–Trinajstić information content (AvgIpc) is 3.43. The Morgan fingerprint density at radius 2 is 2.03 bits per heavy atom. The third-order valence-electron chi connectivity index (χ3n) is 5.69. The Balaban J connectivity index is 1.47. The molecule has 1 aliphatic rings. The van der Waals surface area contributed by atoms with Gasteiger partial charge in [-0.2, -0.15) is 13.2 Å². The molecule has 0 saturated carbocycles. The molecule has 186 valence electrons. The van der Waals surface area contributed by atoms with Crippen LogP contribution in [-0.4, -0.2) is 53.9 Å². The standard InChI is InChI=1S/C22H17BrF3N7O2S/c23-14-2-1-3-15(30-14)31-20(35)21-32(6-7-36-21)16(34)9-33-13-5-4-11(22(24,25)26)8-12(13)17-18(27)28-10-29-19(17)33/h1-5,8,10,21H,6-7,9H2,(H2,27,28,29)(H,30,31,35). The van der Waals surface area contributed by atoms with Gasteiger partial charge in [0.05, 0.1) is 16.5 Å². The topological polar surface area (TPSA) is 119 Å². The molecule has 4 heterocycles. The van der Waals surface area contributed by atoms with E-state index >= 15 is 0 Å². The number of nitrogen functional groups attached to an aromatic ring is 1. The predicted octanol–water partition coefficient (Wildman–Crippen LogP) is 3.88. The number of nitrogens with one attached hydrogen (secondary N) is 1. The van der Waals surface area contributed by atoms with E-state index in [1.165, 1.54) is 33.6 Å². The predicted molar refractivity (Wildman–Crippen MR) is 133 cm³/mol. The molecule has 36 heavy (non-hydrogen) atoms. The minimum atomic E-state index is -4.56. The molecule has 5 rings (SSSR count). The summed E-state index contributed by atoms with van der Waals surface area (Å²) in [5.74, 6) is 0.0982. The molecule has 1 aliphatic heterocycles. The number of carbonyl (C=O) groups is 2. The van der Waals surface area contributed by atoms with E-state index in [2.05, 4.69) is 36.2 Å². The van der Waals surface area contributed by atoms with E-state index < -0.39 is 28.9 Å². The van der Waals surface area contributed by atoms with Crippen LogP contribution in [0.25, 0.3) is 21.9 Å². The molecule has 1 unspecified atom stereocenters. The number of anilines is 2. The van der Waals surface area contributed by atoms with Crippen molar-refractivity contribution in [3.63, 3.8) is 0 Å². The molecule has 1 fully saturated rings. The zero-order valence-corrected chi connectivity index (χ0v) is 20.7. The van der Waals surface area contributed by atoms with Crippen molar-refractivity contribution in [1.82, 2.24) is 24.4 Å². The van der Waals surface area contributed by atoms with Gasteiger partial charge in [-0.25, -0.2) is 15.0 Å². The Bertz CT molecular complexity index is 1510. The van der Waals surface area contributed by atoms with Crippen LogP contribution in [-0.2, 0) is 22.3 Å². The van der Waals surface area contributed by atoms with Crippen LogP contribution in [0.15, 0.2) is 47.3 Å². The van der Waals surface area contributed by atoms with E-state index in [9.17, 15) is 22.8 Å². The highest BCUT2D eigenvalue weighted by Crippen LogP contribution is 2.37. The van der Waals surface area contributed by atoms with Gasteiger partial charge in [-0.3, -0.25) is 9.59 Å². The van der Waals surface area contributed by atoms with Gasteiger partial charge in [0, 0.05) is 17.7 Å². The summed E-state index contributed by atoms with van der Waals surface area (Å²) >= 11 is 4.56. The fourth-order valence-electron chi connectivity index (χ4n) is 4.11. The highest BCUT2D eigenvalue weighted by Gasteiger charge is 2.36. The molecular weight excluding hydrogens is 563 g/mol. The maximum atomic E-state index is 13.4. The summed E-state index contributed by atoms with van der Waals surface area (Å²) in [6.07, 6.45) is -3.37. The lowest BCUT2D eigenvalue weighted by Gasteiger charge is -2.23. The molecule has 0 spiro atoms. The summed E-state index contributed by atoms with van der Waals surface area (Å²) < 4.78 is 42.1. The lowest BCUT2D eigenvalue weighted by Crippen LogP contribution is -2.43. The summed E-state index contributed by atoms with van der Waals surface area (Å²) in [6.45, 7) is 0.0846. The first kappa shape index (κ1) is 24.3. The molecule has 0 aliphatic carbocycles. The number of hydrogen-bond donors (Lipinski definition) is 2. The molecule has 4 aromatic rings. The lowest BCUT2D eigenvalue weighted by molar-refractivity contribution is -0.137. The number of thioether (sulfide) groups is 1. The fourth-order valence-corrected chi connectivity index (χ4v) is 5.59. The minimum Gasteiger partial charge on any atom is -0.383 e. The molecule has 2 amide bonds. The summed E-state index contributed by atoms with van der Waals surface area (Å²) in [7, 11) is 0. The highest BCUT2D eigenvalue weighted by atomic mass is 79.9. The maximum Gasteiger partial charge on any atom is 0.416 e. The number of benzene rings is 1. The molecule has 0 bridgehead atoms. The molecule has 14 heteroatoms. The van der Waals surface area contributed by atoms with E-state index in [4.69, 9.17) is 5.73 Å². The van der Waals surface area contributed by atoms with Gasteiger partial charge >= 0.3 is 6.18 Å². The number of nitrogens with two attached hydrogens (primary N) is 1. The maximum absolute atomic E-state index is 13.4. The van der Waals surface area contributed by atoms with Crippen LogP contribution >= 0.6 is 27.7 Å². The Morgan fingerprint density at radius 3 is 2.78 bits per heavy atom. The number of fused-ring (bicyclic) bond motifs is 3. The average molecular weight is 580 g/mol. The smallest absolute Gasteiger partial charge is 0.383 e. The Morgan fingerprint density at radius 1 is 1.22 bits per heavy atom. The summed E-state index contributed by atoms with van der Waals surface area (Å²) in [6, 6.07) is 8.28. The summed E-state index contributed by atoms with van der Waals surface area (Å²) in [5, 5.41) is 2.35. The summed E-state index contributed by atoms with van der Waals surface area (Å²) in [4.78, 5) is 40.0. The Hall–Kier alpha value is -3.39. The van der Waals surface area contributed by atoms with Crippen LogP contribution in [0.1, 0.15) is 5.56 Å². The monoisotopic (exact) mass is 579 g/mol. The van der Waals surface area contributed by atoms with Gasteiger partial charge in [-0.15, -0.1) is 11.8 Å². The van der Waals surface area contributed by atoms with Crippen LogP contribution < -0.4 is 11.1 Å². The molecule has 0 radical (unpaired) electrons. The van der Waals surface area contributed by atoms with Crippen molar-refractivity contribution in [3.05, 3.63) is 52.9 Å². The van der Waals surface area contributed by atoms with Crippen molar-refractivity contribution in [2.75, 3.05) is 23.3 Å². The van der Waals surface area contributed by atoms with E-state index in [-0.39, 0.29) is 28.8 Å². The van der Waals surface area contributed by atoms with Gasteiger partial charge < -0.3 is 20.5 Å². The number of amides is 2. The Kier molecular flexibility index (Phi) is 6.24. The summed E-state index contributed by atoms with van der Waals surface area (Å²) in [5.41, 5.74) is 5.72. The second-order valence-electron chi connectivity index (χ2n) is 7.92. The van der Waals surface area contributed by atoms with Gasteiger partial charge in [0.15, 0.2) is 5.37 Å². The molecular formula is C22H17BrF3N7O2S. The molecule has 3 aromatic heterocycles. The number of alkyl halides is 3. The first-order chi connectivity index (χ1) is 17.1. The van der Waals surface area contributed by atoms with E-state index in [0.717, 1.165) is 12.1 Å². The first-order valence-electron chi connectivity index (χ1n) is 10.6. The van der Waals surface area contributed by atoms with Crippen LogP contribution in [0, 0.1) is 0 Å². The number of carbonyl (C=O) groups excluding carboxylic acids is 2. The molecule has 1 aromatic carbocycles. The van der Waals surface area contributed by atoms with Crippen molar-refractivity contribution < 1.29 is 22.8 Å². The van der Waals surface area contributed by atoms with Crippen LogP contribution in [0.2, 0.25) is 0 Å². The van der Waals surface area contributed by atoms with E-state index in [0.29, 0.717) is 28.2 Å². The van der Waals surface area contributed by atoms with Gasteiger partial charge in [-0.1, -0.05) is 6.07 Å². The van der Waals surface area contributed by atoms with Gasteiger partial charge in [0.1, 0.15) is 34.8 Å². The number of nitrogens with zero attached hydrogens (tertiary/aromatic N) is 5. The van der Waals surface area contributed by atoms with Crippen LogP contribution in [0.3, 0.4) is 0 Å². The third-order valence-corrected chi connectivity index (χ3v) is 7.34.